The molecule has 0 radical (unpaired) electrons. The number of anilines is 1. The van der Waals surface area contributed by atoms with Gasteiger partial charge >= 0.3 is 0 Å². The van der Waals surface area contributed by atoms with E-state index in [0.29, 0.717) is 5.82 Å². The molecule has 0 saturated carbocycles. The molecule has 2 aromatic rings. The first-order chi connectivity index (χ1) is 7.39. The molecule has 0 fully saturated rings. The lowest BCUT2D eigenvalue weighted by atomic mass is 9.85. The van der Waals surface area contributed by atoms with Crippen molar-refractivity contribution in [2.24, 2.45) is 0 Å². The minimum Gasteiger partial charge on any atom is -0.383 e. The standard InChI is InChI=1S/C14H18N2/c1-9-7-11(14(2,3)4)8-10-5-6-16-13(15)12(9)10/h5-8H,1-4H3,(H2,15,16). The Morgan fingerprint density at radius 2 is 1.88 bits per heavy atom. The van der Waals surface area contributed by atoms with Gasteiger partial charge in [0.05, 0.1) is 0 Å². The molecular weight excluding hydrogens is 196 g/mol. The Labute approximate surface area is 96.5 Å². The SMILES string of the molecule is Cc1cc(C(C)(C)C)cc2ccnc(N)c12. The third-order valence-electron chi connectivity index (χ3n) is 2.96. The maximum absolute atomic E-state index is 5.91. The van der Waals surface area contributed by atoms with Gasteiger partial charge in [0.25, 0.3) is 0 Å². The van der Waals surface area contributed by atoms with Crippen molar-refractivity contribution in [1.82, 2.24) is 4.98 Å². The molecular formula is C14H18N2. The van der Waals surface area contributed by atoms with Crippen molar-refractivity contribution < 1.29 is 0 Å². The summed E-state index contributed by atoms with van der Waals surface area (Å²) < 4.78 is 0. The predicted molar refractivity (Wildman–Crippen MR) is 69.6 cm³/mol. The number of hydrogen-bond acceptors (Lipinski definition) is 2. The zero-order valence-electron chi connectivity index (χ0n) is 10.3. The van der Waals surface area contributed by atoms with E-state index in [4.69, 9.17) is 5.73 Å². The Bertz CT molecular complexity index is 536. The lowest BCUT2D eigenvalue weighted by molar-refractivity contribution is 0.590. The van der Waals surface area contributed by atoms with E-state index < -0.39 is 0 Å². The van der Waals surface area contributed by atoms with Gasteiger partial charge in [0.15, 0.2) is 0 Å². The first kappa shape index (κ1) is 10.9. The molecule has 0 aliphatic carbocycles. The molecule has 1 aromatic carbocycles. The van der Waals surface area contributed by atoms with Gasteiger partial charge in [-0.3, -0.25) is 0 Å². The highest BCUT2D eigenvalue weighted by molar-refractivity contribution is 5.94. The van der Waals surface area contributed by atoms with Crippen molar-refractivity contribution in [1.29, 1.82) is 0 Å². The Kier molecular flexibility index (Phi) is 2.38. The van der Waals surface area contributed by atoms with E-state index in [1.165, 1.54) is 16.5 Å². The summed E-state index contributed by atoms with van der Waals surface area (Å²) >= 11 is 0. The molecule has 0 saturated heterocycles. The number of benzene rings is 1. The maximum atomic E-state index is 5.91. The second kappa shape index (κ2) is 3.48. The number of fused-ring (bicyclic) bond motifs is 1. The molecule has 84 valence electrons. The summed E-state index contributed by atoms with van der Waals surface area (Å²) in [5.74, 6) is 0.621. The Hall–Kier alpha value is -1.57. The summed E-state index contributed by atoms with van der Waals surface area (Å²) in [7, 11) is 0. The van der Waals surface area contributed by atoms with E-state index in [0.717, 1.165) is 5.39 Å². The van der Waals surface area contributed by atoms with Gasteiger partial charge in [-0.15, -0.1) is 0 Å². The van der Waals surface area contributed by atoms with Crippen LogP contribution in [0, 0.1) is 6.92 Å². The quantitative estimate of drug-likeness (QED) is 0.729. The maximum Gasteiger partial charge on any atom is 0.131 e. The number of aromatic nitrogens is 1. The first-order valence-electron chi connectivity index (χ1n) is 5.55. The van der Waals surface area contributed by atoms with E-state index >= 15 is 0 Å². The van der Waals surface area contributed by atoms with Gasteiger partial charge in [-0.25, -0.2) is 4.98 Å². The molecule has 0 atom stereocenters. The van der Waals surface area contributed by atoms with Crippen LogP contribution in [0.5, 0.6) is 0 Å². The van der Waals surface area contributed by atoms with E-state index in [1.807, 2.05) is 6.07 Å². The molecule has 2 heteroatoms. The second-order valence-electron chi connectivity index (χ2n) is 5.34. The summed E-state index contributed by atoms with van der Waals surface area (Å²) in [6.07, 6.45) is 1.77. The third kappa shape index (κ3) is 1.75. The van der Waals surface area contributed by atoms with Crippen LogP contribution in [0.4, 0.5) is 5.82 Å². The smallest absolute Gasteiger partial charge is 0.131 e. The number of nitrogen functional groups attached to an aromatic ring is 1. The summed E-state index contributed by atoms with van der Waals surface area (Å²) in [6.45, 7) is 8.75. The normalized spacial score (nSPS) is 12.0. The van der Waals surface area contributed by atoms with Crippen LogP contribution in [0.1, 0.15) is 31.9 Å². The molecule has 2 nitrogen and oxygen atoms in total. The average Bonchev–Trinajstić information content (AvgIpc) is 2.15. The molecule has 2 rings (SSSR count). The lowest BCUT2D eigenvalue weighted by Gasteiger charge is -2.20. The Balaban J connectivity index is 2.79. The van der Waals surface area contributed by atoms with Crippen molar-refractivity contribution in [3.05, 3.63) is 35.5 Å². The van der Waals surface area contributed by atoms with Crippen LogP contribution in [0.2, 0.25) is 0 Å². The van der Waals surface area contributed by atoms with Gasteiger partial charge in [-0.2, -0.15) is 0 Å². The minimum absolute atomic E-state index is 0.164. The fourth-order valence-electron chi connectivity index (χ4n) is 1.99. The molecule has 0 aliphatic heterocycles. The third-order valence-corrected chi connectivity index (χ3v) is 2.96. The summed E-state index contributed by atoms with van der Waals surface area (Å²) in [5.41, 5.74) is 8.61. The van der Waals surface area contributed by atoms with Crippen LogP contribution < -0.4 is 5.73 Å². The summed E-state index contributed by atoms with van der Waals surface area (Å²) in [4.78, 5) is 4.14. The van der Waals surface area contributed by atoms with Crippen molar-refractivity contribution in [3.63, 3.8) is 0 Å². The second-order valence-corrected chi connectivity index (χ2v) is 5.34. The lowest BCUT2D eigenvalue weighted by Crippen LogP contribution is -2.11. The Morgan fingerprint density at radius 1 is 1.19 bits per heavy atom. The molecule has 1 heterocycles. The van der Waals surface area contributed by atoms with Crippen molar-refractivity contribution >= 4 is 16.6 Å². The molecule has 2 N–H and O–H groups in total. The van der Waals surface area contributed by atoms with Crippen LogP contribution in [-0.2, 0) is 5.41 Å². The van der Waals surface area contributed by atoms with Gasteiger partial charge in [-0.05, 0) is 34.9 Å². The topological polar surface area (TPSA) is 38.9 Å². The number of pyridine rings is 1. The molecule has 0 bridgehead atoms. The highest BCUT2D eigenvalue weighted by Gasteiger charge is 2.15. The van der Waals surface area contributed by atoms with Crippen molar-refractivity contribution in [2.45, 2.75) is 33.1 Å². The van der Waals surface area contributed by atoms with Gasteiger partial charge in [0, 0.05) is 11.6 Å². The van der Waals surface area contributed by atoms with E-state index in [-0.39, 0.29) is 5.41 Å². The minimum atomic E-state index is 0.164. The number of nitrogens with zero attached hydrogens (tertiary/aromatic N) is 1. The number of nitrogens with two attached hydrogens (primary N) is 1. The molecule has 16 heavy (non-hydrogen) atoms. The van der Waals surface area contributed by atoms with Crippen LogP contribution in [0.25, 0.3) is 10.8 Å². The van der Waals surface area contributed by atoms with E-state index in [2.05, 4.69) is 44.8 Å². The zero-order valence-corrected chi connectivity index (χ0v) is 10.3. The molecule has 0 spiro atoms. The number of aryl methyl sites for hydroxylation is 1. The first-order valence-corrected chi connectivity index (χ1v) is 5.55. The summed E-state index contributed by atoms with van der Waals surface area (Å²) in [5, 5.41) is 2.26. The molecule has 0 amide bonds. The fraction of sp³-hybridized carbons (Fsp3) is 0.357. The predicted octanol–water partition coefficient (Wildman–Crippen LogP) is 3.42. The van der Waals surface area contributed by atoms with Gasteiger partial charge in [0.2, 0.25) is 0 Å². The monoisotopic (exact) mass is 214 g/mol. The van der Waals surface area contributed by atoms with Crippen LogP contribution in [-0.4, -0.2) is 4.98 Å². The number of rotatable bonds is 0. The molecule has 1 aromatic heterocycles. The largest absolute Gasteiger partial charge is 0.383 e. The Morgan fingerprint density at radius 3 is 2.50 bits per heavy atom. The van der Waals surface area contributed by atoms with E-state index in [1.54, 1.807) is 6.20 Å². The van der Waals surface area contributed by atoms with E-state index in [9.17, 15) is 0 Å². The highest BCUT2D eigenvalue weighted by atomic mass is 14.8. The van der Waals surface area contributed by atoms with Gasteiger partial charge < -0.3 is 5.73 Å². The van der Waals surface area contributed by atoms with Crippen molar-refractivity contribution in [2.75, 3.05) is 5.73 Å². The van der Waals surface area contributed by atoms with Gasteiger partial charge in [-0.1, -0.05) is 32.9 Å². The highest BCUT2D eigenvalue weighted by Crippen LogP contribution is 2.30. The van der Waals surface area contributed by atoms with Crippen molar-refractivity contribution in [3.8, 4) is 0 Å². The molecule has 0 aliphatic rings. The average molecular weight is 214 g/mol. The van der Waals surface area contributed by atoms with Crippen LogP contribution in [0.3, 0.4) is 0 Å². The van der Waals surface area contributed by atoms with Crippen LogP contribution >= 0.6 is 0 Å². The molecule has 0 unspecified atom stereocenters. The summed E-state index contributed by atoms with van der Waals surface area (Å²) in [6, 6.07) is 6.44. The van der Waals surface area contributed by atoms with Crippen LogP contribution in [0.15, 0.2) is 24.4 Å². The van der Waals surface area contributed by atoms with Gasteiger partial charge in [0.1, 0.15) is 5.82 Å². The number of hydrogen-bond donors (Lipinski definition) is 1. The fourth-order valence-corrected chi connectivity index (χ4v) is 1.99. The zero-order chi connectivity index (χ0) is 11.9.